The molecule has 3 heteroatoms. The highest BCUT2D eigenvalue weighted by Crippen LogP contribution is 2.04. The highest BCUT2D eigenvalue weighted by Gasteiger charge is 2.10. The van der Waals surface area contributed by atoms with Crippen molar-refractivity contribution in [3.8, 4) is 0 Å². The zero-order chi connectivity index (χ0) is 10.9. The van der Waals surface area contributed by atoms with Gasteiger partial charge in [0.25, 0.3) is 0 Å². The van der Waals surface area contributed by atoms with Gasteiger partial charge in [0.1, 0.15) is 5.76 Å². The number of hydrogen-bond acceptors (Lipinski definition) is 3. The fourth-order valence-electron chi connectivity index (χ4n) is 1.47. The van der Waals surface area contributed by atoms with Gasteiger partial charge in [-0.15, -0.1) is 0 Å². The molecule has 86 valence electrons. The Labute approximate surface area is 91.8 Å². The first-order valence-corrected chi connectivity index (χ1v) is 5.70. The van der Waals surface area contributed by atoms with Crippen LogP contribution in [0.2, 0.25) is 0 Å². The van der Waals surface area contributed by atoms with E-state index in [2.05, 4.69) is 12.2 Å². The molecule has 1 N–H and O–H groups in total. The summed E-state index contributed by atoms with van der Waals surface area (Å²) in [7, 11) is 0. The molecule has 1 heterocycles. The standard InChI is InChI=1S/C12H21NO2/c1-3-7-13-11(10-14-4-2)9-12-6-5-8-15-12/h5-6,8,11,13H,3-4,7,9-10H2,1-2H3. The molecule has 0 spiro atoms. The minimum atomic E-state index is 0.357. The predicted molar refractivity (Wildman–Crippen MR) is 61.0 cm³/mol. The summed E-state index contributed by atoms with van der Waals surface area (Å²) in [5.41, 5.74) is 0. The number of rotatable bonds is 8. The second-order valence-electron chi connectivity index (χ2n) is 3.59. The molecule has 1 aromatic heterocycles. The van der Waals surface area contributed by atoms with E-state index < -0.39 is 0 Å². The molecule has 1 atom stereocenters. The molecule has 1 aromatic rings. The smallest absolute Gasteiger partial charge is 0.105 e. The lowest BCUT2D eigenvalue weighted by Crippen LogP contribution is -2.35. The zero-order valence-corrected chi connectivity index (χ0v) is 9.66. The summed E-state index contributed by atoms with van der Waals surface area (Å²) in [6.45, 7) is 6.72. The lowest BCUT2D eigenvalue weighted by molar-refractivity contribution is 0.121. The topological polar surface area (TPSA) is 34.4 Å². The Bertz CT molecular complexity index is 226. The Kier molecular flexibility index (Phi) is 6.12. The van der Waals surface area contributed by atoms with Gasteiger partial charge in [-0.05, 0) is 32.0 Å². The normalized spacial score (nSPS) is 12.9. The summed E-state index contributed by atoms with van der Waals surface area (Å²) in [5.74, 6) is 1.02. The van der Waals surface area contributed by atoms with Crippen molar-refractivity contribution in [3.05, 3.63) is 24.2 Å². The predicted octanol–water partition coefficient (Wildman–Crippen LogP) is 2.23. The first kappa shape index (κ1) is 12.3. The van der Waals surface area contributed by atoms with Crippen LogP contribution in [-0.2, 0) is 11.2 Å². The lowest BCUT2D eigenvalue weighted by atomic mass is 10.2. The van der Waals surface area contributed by atoms with E-state index in [4.69, 9.17) is 9.15 Å². The highest BCUT2D eigenvalue weighted by molar-refractivity contribution is 5.00. The van der Waals surface area contributed by atoms with E-state index in [9.17, 15) is 0 Å². The fourth-order valence-corrected chi connectivity index (χ4v) is 1.47. The minimum Gasteiger partial charge on any atom is -0.469 e. The van der Waals surface area contributed by atoms with Gasteiger partial charge in [0, 0.05) is 19.1 Å². The van der Waals surface area contributed by atoms with Crippen molar-refractivity contribution in [1.29, 1.82) is 0 Å². The maximum atomic E-state index is 5.44. The lowest BCUT2D eigenvalue weighted by Gasteiger charge is -2.16. The van der Waals surface area contributed by atoms with Crippen LogP contribution in [0.1, 0.15) is 26.0 Å². The third-order valence-corrected chi connectivity index (χ3v) is 2.23. The zero-order valence-electron chi connectivity index (χ0n) is 9.66. The first-order chi connectivity index (χ1) is 7.36. The number of ether oxygens (including phenoxy) is 1. The second-order valence-corrected chi connectivity index (χ2v) is 3.59. The van der Waals surface area contributed by atoms with Crippen LogP contribution in [0.5, 0.6) is 0 Å². The highest BCUT2D eigenvalue weighted by atomic mass is 16.5. The monoisotopic (exact) mass is 211 g/mol. The van der Waals surface area contributed by atoms with Crippen LogP contribution in [0.15, 0.2) is 22.8 Å². The minimum absolute atomic E-state index is 0.357. The number of hydrogen-bond donors (Lipinski definition) is 1. The summed E-state index contributed by atoms with van der Waals surface area (Å²) in [5, 5.41) is 3.46. The molecular formula is C12H21NO2. The fraction of sp³-hybridized carbons (Fsp3) is 0.667. The first-order valence-electron chi connectivity index (χ1n) is 5.70. The Balaban J connectivity index is 2.33. The Morgan fingerprint density at radius 2 is 2.33 bits per heavy atom. The van der Waals surface area contributed by atoms with Crippen LogP contribution in [0.3, 0.4) is 0 Å². The van der Waals surface area contributed by atoms with Gasteiger partial charge in [-0.2, -0.15) is 0 Å². The van der Waals surface area contributed by atoms with E-state index in [1.807, 2.05) is 19.1 Å². The molecule has 0 aliphatic rings. The summed E-state index contributed by atoms with van der Waals surface area (Å²) in [6.07, 6.45) is 3.75. The van der Waals surface area contributed by atoms with Gasteiger partial charge in [-0.1, -0.05) is 6.92 Å². The molecule has 0 saturated carbocycles. The molecule has 0 saturated heterocycles. The Morgan fingerprint density at radius 3 is 2.93 bits per heavy atom. The largest absolute Gasteiger partial charge is 0.469 e. The Morgan fingerprint density at radius 1 is 1.47 bits per heavy atom. The summed E-state index contributed by atoms with van der Waals surface area (Å²) in [6, 6.07) is 4.29. The molecule has 0 aliphatic carbocycles. The van der Waals surface area contributed by atoms with Gasteiger partial charge in [-0.3, -0.25) is 0 Å². The van der Waals surface area contributed by atoms with E-state index in [-0.39, 0.29) is 0 Å². The third kappa shape index (κ3) is 5.00. The van der Waals surface area contributed by atoms with Crippen LogP contribution < -0.4 is 5.32 Å². The van der Waals surface area contributed by atoms with Crippen LogP contribution in [0.4, 0.5) is 0 Å². The van der Waals surface area contributed by atoms with Gasteiger partial charge < -0.3 is 14.5 Å². The average Bonchev–Trinajstić information content (AvgIpc) is 2.74. The molecule has 1 unspecified atom stereocenters. The van der Waals surface area contributed by atoms with Gasteiger partial charge in [0.15, 0.2) is 0 Å². The van der Waals surface area contributed by atoms with Crippen molar-refractivity contribution in [2.75, 3.05) is 19.8 Å². The number of furan rings is 1. The molecule has 1 rings (SSSR count). The molecule has 0 bridgehead atoms. The summed E-state index contributed by atoms with van der Waals surface area (Å²) < 4.78 is 10.8. The molecule has 0 fully saturated rings. The molecule has 3 nitrogen and oxygen atoms in total. The van der Waals surface area contributed by atoms with Gasteiger partial charge in [0.05, 0.1) is 12.9 Å². The summed E-state index contributed by atoms with van der Waals surface area (Å²) >= 11 is 0. The quantitative estimate of drug-likeness (QED) is 0.716. The summed E-state index contributed by atoms with van der Waals surface area (Å²) in [4.78, 5) is 0. The third-order valence-electron chi connectivity index (χ3n) is 2.23. The van der Waals surface area contributed by atoms with Crippen LogP contribution >= 0.6 is 0 Å². The van der Waals surface area contributed by atoms with Crippen molar-refractivity contribution in [2.24, 2.45) is 0 Å². The maximum Gasteiger partial charge on any atom is 0.105 e. The van der Waals surface area contributed by atoms with Gasteiger partial charge >= 0.3 is 0 Å². The molecule has 15 heavy (non-hydrogen) atoms. The van der Waals surface area contributed by atoms with E-state index in [0.717, 1.165) is 38.4 Å². The van der Waals surface area contributed by atoms with Crippen molar-refractivity contribution in [2.45, 2.75) is 32.7 Å². The molecule has 0 aliphatic heterocycles. The second kappa shape index (κ2) is 7.49. The molecule has 0 radical (unpaired) electrons. The van der Waals surface area contributed by atoms with E-state index in [0.29, 0.717) is 6.04 Å². The Hall–Kier alpha value is -0.800. The van der Waals surface area contributed by atoms with Crippen molar-refractivity contribution in [1.82, 2.24) is 5.32 Å². The molecule has 0 amide bonds. The van der Waals surface area contributed by atoms with Crippen molar-refractivity contribution < 1.29 is 9.15 Å². The van der Waals surface area contributed by atoms with Crippen molar-refractivity contribution >= 4 is 0 Å². The van der Waals surface area contributed by atoms with Crippen molar-refractivity contribution in [3.63, 3.8) is 0 Å². The van der Waals surface area contributed by atoms with Crippen LogP contribution in [-0.4, -0.2) is 25.8 Å². The van der Waals surface area contributed by atoms with Gasteiger partial charge in [0.2, 0.25) is 0 Å². The van der Waals surface area contributed by atoms with E-state index in [1.165, 1.54) is 0 Å². The van der Waals surface area contributed by atoms with E-state index in [1.54, 1.807) is 6.26 Å². The van der Waals surface area contributed by atoms with Crippen LogP contribution in [0, 0.1) is 0 Å². The van der Waals surface area contributed by atoms with Crippen LogP contribution in [0.25, 0.3) is 0 Å². The maximum absolute atomic E-state index is 5.44. The average molecular weight is 211 g/mol. The van der Waals surface area contributed by atoms with Gasteiger partial charge in [-0.25, -0.2) is 0 Å². The number of nitrogens with one attached hydrogen (secondary N) is 1. The van der Waals surface area contributed by atoms with E-state index >= 15 is 0 Å². The molecular weight excluding hydrogens is 190 g/mol. The SMILES string of the molecule is CCCNC(COCC)Cc1ccco1. The molecule has 0 aromatic carbocycles.